The molecular formula is C23H25Br2IK2N4O7. The van der Waals surface area contributed by atoms with Crippen molar-refractivity contribution >= 4 is 94.9 Å². The maximum atomic E-state index is 11.6. The Kier molecular flexibility index (Phi) is 24.9. The van der Waals surface area contributed by atoms with Gasteiger partial charge in [0.15, 0.2) is 0 Å². The standard InChI is InChI=1S/C11H11BrN2O2.C9H7BrN2O2.C2H5I.CH2O3.2K.H/c1-3-14-6-7(11(15)16-2)9-8(12)4-5-13-10(9)14;1-14-9(13)5-4-12-8-7(5)6(10)2-3-11-8;1-2-3;2-1-4-3;;;/h4-6H,3H2,1-2H3;2-4H,1H3,(H,11,12);2H2,1H3;1,3H;;;/q;;;;2*+1;-1/p-1. The van der Waals surface area contributed by atoms with Gasteiger partial charge in [-0.2, -0.15) is 0 Å². The first-order chi connectivity index (χ1) is 17.7. The quantitative estimate of drug-likeness (QED) is 0.0505. The second-order valence-electron chi connectivity index (χ2n) is 6.48. The van der Waals surface area contributed by atoms with E-state index in [-0.39, 0.29) is 123 Å². The summed E-state index contributed by atoms with van der Waals surface area (Å²) in [4.78, 5) is 45.5. The molecule has 0 unspecified atom stereocenters. The smallest absolute Gasteiger partial charge is 1.00 e. The Morgan fingerprint density at radius 2 is 1.54 bits per heavy atom. The number of ether oxygens (including phenoxy) is 2. The van der Waals surface area contributed by atoms with Crippen molar-refractivity contribution in [2.75, 3.05) is 18.6 Å². The van der Waals surface area contributed by atoms with E-state index in [1.54, 1.807) is 30.9 Å². The molecule has 0 spiro atoms. The molecule has 4 heterocycles. The fourth-order valence-corrected chi connectivity index (χ4v) is 4.00. The predicted molar refractivity (Wildman–Crippen MR) is 152 cm³/mol. The van der Waals surface area contributed by atoms with Crippen LogP contribution in [0.3, 0.4) is 0 Å². The fraction of sp³-hybridized carbons (Fsp3) is 0.261. The zero-order valence-electron chi connectivity index (χ0n) is 23.3. The van der Waals surface area contributed by atoms with Crippen LogP contribution in [0.4, 0.5) is 0 Å². The molecule has 0 aliphatic carbocycles. The first-order valence-corrected chi connectivity index (χ1v) is 13.6. The number of carbonyl (C=O) groups excluding carboxylic acids is 3. The molecule has 0 aromatic carbocycles. The molecule has 39 heavy (non-hydrogen) atoms. The third-order valence-corrected chi connectivity index (χ3v) is 5.74. The molecule has 11 nitrogen and oxygen atoms in total. The molecule has 0 amide bonds. The summed E-state index contributed by atoms with van der Waals surface area (Å²) in [6, 6.07) is 3.59. The first kappa shape index (κ1) is 41.8. The van der Waals surface area contributed by atoms with Crippen LogP contribution in [0.5, 0.6) is 0 Å². The normalized spacial score (nSPS) is 9.13. The van der Waals surface area contributed by atoms with Crippen LogP contribution < -0.4 is 108 Å². The number of H-pyrrole nitrogens is 1. The van der Waals surface area contributed by atoms with Crippen LogP contribution in [0.2, 0.25) is 0 Å². The largest absolute Gasteiger partial charge is 1.00 e. The summed E-state index contributed by atoms with van der Waals surface area (Å²) in [6.45, 7) is 4.70. The number of pyridine rings is 2. The Hall–Kier alpha value is 0.713. The van der Waals surface area contributed by atoms with Gasteiger partial charge in [0, 0.05) is 51.1 Å². The van der Waals surface area contributed by atoms with Crippen LogP contribution in [-0.2, 0) is 25.7 Å². The molecule has 16 heteroatoms. The van der Waals surface area contributed by atoms with E-state index in [4.69, 9.17) is 14.8 Å². The molecule has 4 rings (SSSR count). The number of hydrogen-bond donors (Lipinski definition) is 1. The van der Waals surface area contributed by atoms with Crippen molar-refractivity contribution in [2.24, 2.45) is 0 Å². The fourth-order valence-electron chi connectivity index (χ4n) is 2.97. The van der Waals surface area contributed by atoms with E-state index in [0.29, 0.717) is 16.8 Å². The minimum Gasteiger partial charge on any atom is -1.00 e. The maximum Gasteiger partial charge on any atom is 1.00 e. The van der Waals surface area contributed by atoms with Gasteiger partial charge in [-0.1, -0.05) is 29.5 Å². The Labute approximate surface area is 342 Å². The van der Waals surface area contributed by atoms with Gasteiger partial charge in [0.05, 0.1) is 25.3 Å². The van der Waals surface area contributed by atoms with Crippen LogP contribution >= 0.6 is 54.5 Å². The van der Waals surface area contributed by atoms with Crippen molar-refractivity contribution < 1.29 is 138 Å². The summed E-state index contributed by atoms with van der Waals surface area (Å²) < 4.78 is 14.2. The number of halogens is 3. The third-order valence-electron chi connectivity index (χ3n) is 4.42. The van der Waals surface area contributed by atoms with Crippen molar-refractivity contribution in [1.29, 1.82) is 0 Å². The summed E-state index contributed by atoms with van der Waals surface area (Å²) in [5.74, 6) is -0.712. The zero-order valence-corrected chi connectivity index (χ0v) is 33.9. The predicted octanol–water partition coefficient (Wildman–Crippen LogP) is -1.29. The van der Waals surface area contributed by atoms with Gasteiger partial charge in [-0.3, -0.25) is 4.79 Å². The minimum absolute atomic E-state index is 0. The van der Waals surface area contributed by atoms with Gasteiger partial charge < -0.3 is 30.6 Å². The molecule has 0 fully saturated rings. The zero-order chi connectivity index (χ0) is 28.0. The van der Waals surface area contributed by atoms with Gasteiger partial charge in [0.2, 0.25) is 0 Å². The molecule has 0 bridgehead atoms. The second kappa shape index (κ2) is 23.2. The number of rotatable bonds is 4. The number of alkyl halides is 1. The number of methoxy groups -OCH3 is 2. The summed E-state index contributed by atoms with van der Waals surface area (Å²) in [6.07, 6.45) is 6.73. The molecule has 4 aromatic heterocycles. The third kappa shape index (κ3) is 12.5. The van der Waals surface area contributed by atoms with Gasteiger partial charge >= 0.3 is 115 Å². The molecular weight excluding hydrogens is 809 g/mol. The maximum absolute atomic E-state index is 11.6. The van der Waals surface area contributed by atoms with Crippen LogP contribution in [0.1, 0.15) is 36.0 Å². The summed E-state index contributed by atoms with van der Waals surface area (Å²) in [7, 11) is 2.73. The first-order valence-electron chi connectivity index (χ1n) is 10.5. The Balaban J connectivity index is -0.000000526. The van der Waals surface area contributed by atoms with Gasteiger partial charge in [0.1, 0.15) is 11.3 Å². The van der Waals surface area contributed by atoms with Crippen molar-refractivity contribution in [1.82, 2.24) is 19.5 Å². The molecule has 0 aliphatic rings. The van der Waals surface area contributed by atoms with Crippen LogP contribution in [0.15, 0.2) is 45.9 Å². The number of esters is 2. The van der Waals surface area contributed by atoms with Crippen molar-refractivity contribution in [3.8, 4) is 0 Å². The van der Waals surface area contributed by atoms with E-state index in [1.807, 2.05) is 17.6 Å². The molecule has 202 valence electrons. The Morgan fingerprint density at radius 1 is 1.05 bits per heavy atom. The van der Waals surface area contributed by atoms with E-state index in [9.17, 15) is 9.59 Å². The molecule has 1 N–H and O–H groups in total. The number of aryl methyl sites for hydroxylation is 1. The van der Waals surface area contributed by atoms with Gasteiger partial charge in [-0.25, -0.2) is 19.6 Å². The molecule has 0 saturated carbocycles. The van der Waals surface area contributed by atoms with E-state index in [1.165, 1.54) is 18.6 Å². The molecule has 0 saturated heterocycles. The monoisotopic (exact) mass is 832 g/mol. The van der Waals surface area contributed by atoms with Gasteiger partial charge in [0.25, 0.3) is 6.47 Å². The van der Waals surface area contributed by atoms with Crippen LogP contribution in [-0.4, -0.2) is 56.6 Å². The Bertz CT molecular complexity index is 1350. The average molecular weight is 834 g/mol. The van der Waals surface area contributed by atoms with Crippen molar-refractivity contribution in [3.63, 3.8) is 0 Å². The topological polar surface area (TPSA) is 148 Å². The van der Waals surface area contributed by atoms with E-state index in [0.717, 1.165) is 31.9 Å². The second-order valence-corrected chi connectivity index (χ2v) is 9.72. The molecule has 4 aromatic rings. The van der Waals surface area contributed by atoms with Gasteiger partial charge in [-0.05, 0) is 55.3 Å². The summed E-state index contributed by atoms with van der Waals surface area (Å²) in [5.41, 5.74) is 2.49. The number of hydrogen-bond acceptors (Lipinski definition) is 9. The van der Waals surface area contributed by atoms with Crippen LogP contribution in [0.25, 0.3) is 22.1 Å². The number of nitrogens with one attached hydrogen (secondary N) is 1. The number of aromatic amines is 1. The molecule has 0 aliphatic heterocycles. The van der Waals surface area contributed by atoms with E-state index < -0.39 is 0 Å². The summed E-state index contributed by atoms with van der Waals surface area (Å²) in [5, 5.41) is 9.98. The average Bonchev–Trinajstić information content (AvgIpc) is 3.52. The van der Waals surface area contributed by atoms with Crippen LogP contribution in [0, 0.1) is 0 Å². The van der Waals surface area contributed by atoms with Crippen molar-refractivity contribution in [3.05, 3.63) is 57.0 Å². The Morgan fingerprint density at radius 3 is 2.03 bits per heavy atom. The number of nitrogens with zero attached hydrogens (tertiary/aromatic N) is 3. The molecule has 0 radical (unpaired) electrons. The van der Waals surface area contributed by atoms with E-state index in [2.05, 4.69) is 86.0 Å². The number of carbonyl (C=O) groups is 3. The number of aromatic nitrogens is 4. The number of fused-ring (bicyclic) bond motifs is 2. The SMILES string of the molecule is CCI.CCn1cc(C(=O)OC)c2c(Br)ccnc21.COC(=O)c1c[nH]c2nccc(Br)c12.O=CO[O-].[H-].[K+].[K+]. The minimum atomic E-state index is -0.370. The summed E-state index contributed by atoms with van der Waals surface area (Å²) >= 11 is 9.07. The van der Waals surface area contributed by atoms with E-state index >= 15 is 0 Å². The molecule has 0 atom stereocenters. The van der Waals surface area contributed by atoms with Crippen molar-refractivity contribution in [2.45, 2.75) is 20.4 Å². The van der Waals surface area contributed by atoms with Gasteiger partial charge in [-0.15, -0.1) is 0 Å².